The fourth-order valence-corrected chi connectivity index (χ4v) is 2.16. The van der Waals surface area contributed by atoms with Crippen molar-refractivity contribution in [2.45, 2.75) is 32.7 Å². The lowest BCUT2D eigenvalue weighted by Crippen LogP contribution is -2.27. The fraction of sp³-hybridized carbons (Fsp3) is 0.562. The summed E-state index contributed by atoms with van der Waals surface area (Å²) < 4.78 is 5.24. The third kappa shape index (κ3) is 5.89. The number of anilines is 1. The van der Waals surface area contributed by atoms with Crippen LogP contribution in [0.15, 0.2) is 18.2 Å². The Morgan fingerprint density at radius 3 is 2.67 bits per heavy atom. The summed E-state index contributed by atoms with van der Waals surface area (Å²) in [5.74, 6) is 0.803. The zero-order valence-electron chi connectivity index (χ0n) is 13.5. The second kappa shape index (κ2) is 8.85. The number of hydrogen-bond donors (Lipinski definition) is 2. The van der Waals surface area contributed by atoms with Gasteiger partial charge in [0.15, 0.2) is 0 Å². The molecule has 0 heterocycles. The van der Waals surface area contributed by atoms with Gasteiger partial charge in [0.2, 0.25) is 0 Å². The van der Waals surface area contributed by atoms with E-state index < -0.39 is 0 Å². The summed E-state index contributed by atoms with van der Waals surface area (Å²) in [7, 11) is 3.81. The van der Waals surface area contributed by atoms with Gasteiger partial charge in [-0.25, -0.2) is 0 Å². The lowest BCUT2D eigenvalue weighted by atomic mass is 10.1. The molecule has 0 bridgehead atoms. The van der Waals surface area contributed by atoms with Crippen molar-refractivity contribution < 1.29 is 4.74 Å². The highest BCUT2D eigenvalue weighted by atomic mass is 32.1. The maximum absolute atomic E-state index is 5.75. The maximum atomic E-state index is 5.75. The summed E-state index contributed by atoms with van der Waals surface area (Å²) in [6, 6.07) is 6.31. The molecule has 0 atom stereocenters. The molecule has 0 fully saturated rings. The van der Waals surface area contributed by atoms with Crippen molar-refractivity contribution in [1.82, 2.24) is 4.90 Å². The second-order valence-electron chi connectivity index (χ2n) is 5.48. The van der Waals surface area contributed by atoms with Crippen molar-refractivity contribution in [2.24, 2.45) is 5.73 Å². The van der Waals surface area contributed by atoms with Crippen LogP contribution in [-0.2, 0) is 0 Å². The summed E-state index contributed by atoms with van der Waals surface area (Å²) >= 11 is 5.08. The molecule has 1 aromatic carbocycles. The van der Waals surface area contributed by atoms with Gasteiger partial charge >= 0.3 is 0 Å². The number of thiocarbonyl (C=S) groups is 1. The van der Waals surface area contributed by atoms with E-state index in [0.717, 1.165) is 42.9 Å². The van der Waals surface area contributed by atoms with E-state index in [0.29, 0.717) is 11.0 Å². The van der Waals surface area contributed by atoms with Gasteiger partial charge in [0, 0.05) is 29.9 Å². The molecule has 21 heavy (non-hydrogen) atoms. The van der Waals surface area contributed by atoms with Gasteiger partial charge in [-0.1, -0.05) is 12.2 Å². The monoisotopic (exact) mass is 309 g/mol. The van der Waals surface area contributed by atoms with Crippen LogP contribution in [0, 0.1) is 0 Å². The van der Waals surface area contributed by atoms with E-state index in [1.54, 1.807) is 7.11 Å². The lowest BCUT2D eigenvalue weighted by molar-refractivity contribution is 0.269. The predicted octanol–water partition coefficient (Wildman–Crippen LogP) is 2.86. The molecule has 118 valence electrons. The van der Waals surface area contributed by atoms with Crippen LogP contribution in [0.4, 0.5) is 5.69 Å². The summed E-state index contributed by atoms with van der Waals surface area (Å²) in [6.45, 7) is 6.43. The number of rotatable bonds is 9. The van der Waals surface area contributed by atoms with Gasteiger partial charge in [0.05, 0.1) is 7.11 Å². The maximum Gasteiger partial charge on any atom is 0.120 e. The van der Waals surface area contributed by atoms with Crippen LogP contribution in [-0.4, -0.2) is 43.2 Å². The number of unbranched alkanes of at least 4 members (excludes halogenated alkanes) is 1. The molecule has 0 aliphatic rings. The highest BCUT2D eigenvalue weighted by Crippen LogP contribution is 2.22. The third-order valence-corrected chi connectivity index (χ3v) is 3.85. The fourth-order valence-electron chi connectivity index (χ4n) is 1.98. The minimum Gasteiger partial charge on any atom is -0.497 e. The van der Waals surface area contributed by atoms with Gasteiger partial charge in [-0.15, -0.1) is 0 Å². The first-order valence-corrected chi connectivity index (χ1v) is 7.78. The summed E-state index contributed by atoms with van der Waals surface area (Å²) in [5, 5.41) is 3.41. The Hall–Kier alpha value is -1.33. The zero-order chi connectivity index (χ0) is 15.8. The highest BCUT2D eigenvalue weighted by molar-refractivity contribution is 7.80. The molecular weight excluding hydrogens is 282 g/mol. The van der Waals surface area contributed by atoms with Crippen LogP contribution in [0.3, 0.4) is 0 Å². The Kier molecular flexibility index (Phi) is 7.47. The van der Waals surface area contributed by atoms with Gasteiger partial charge in [-0.3, -0.25) is 0 Å². The summed E-state index contributed by atoms with van der Waals surface area (Å²) in [4.78, 5) is 2.76. The molecule has 0 aliphatic carbocycles. The Morgan fingerprint density at radius 1 is 1.38 bits per heavy atom. The first kappa shape index (κ1) is 17.7. The number of hydrogen-bond acceptors (Lipinski definition) is 4. The smallest absolute Gasteiger partial charge is 0.120 e. The number of nitrogens with one attached hydrogen (secondary N) is 1. The van der Waals surface area contributed by atoms with Gasteiger partial charge in [0.1, 0.15) is 10.7 Å². The number of methoxy groups -OCH3 is 1. The van der Waals surface area contributed by atoms with Crippen molar-refractivity contribution in [2.75, 3.05) is 32.6 Å². The van der Waals surface area contributed by atoms with Gasteiger partial charge < -0.3 is 20.7 Å². The van der Waals surface area contributed by atoms with Crippen molar-refractivity contribution in [3.05, 3.63) is 23.8 Å². The quantitative estimate of drug-likeness (QED) is 0.542. The van der Waals surface area contributed by atoms with Crippen LogP contribution in [0.25, 0.3) is 0 Å². The normalized spacial score (nSPS) is 11.0. The van der Waals surface area contributed by atoms with E-state index in [9.17, 15) is 0 Å². The second-order valence-corrected chi connectivity index (χ2v) is 5.92. The zero-order valence-corrected chi connectivity index (χ0v) is 14.3. The van der Waals surface area contributed by atoms with Crippen LogP contribution < -0.4 is 15.8 Å². The molecule has 0 unspecified atom stereocenters. The van der Waals surface area contributed by atoms with Crippen molar-refractivity contribution in [1.29, 1.82) is 0 Å². The number of nitrogens with zero attached hydrogens (tertiary/aromatic N) is 1. The Labute approximate surface area is 133 Å². The molecule has 0 radical (unpaired) electrons. The van der Waals surface area contributed by atoms with Crippen LogP contribution in [0.5, 0.6) is 5.75 Å². The molecule has 0 spiro atoms. The molecule has 1 aromatic rings. The number of benzene rings is 1. The van der Waals surface area contributed by atoms with E-state index in [1.807, 2.05) is 18.2 Å². The SMILES string of the molecule is COc1ccc(C(N)=S)c(NCCCCN(C)C(C)C)c1. The first-order chi connectivity index (χ1) is 9.95. The minimum absolute atomic E-state index is 0.402. The average Bonchev–Trinajstić information content (AvgIpc) is 2.45. The largest absolute Gasteiger partial charge is 0.497 e. The van der Waals surface area contributed by atoms with Crippen molar-refractivity contribution >= 4 is 22.9 Å². The molecule has 0 amide bonds. The topological polar surface area (TPSA) is 50.5 Å². The Bertz CT molecular complexity index is 463. The van der Waals surface area contributed by atoms with E-state index in [-0.39, 0.29) is 0 Å². The van der Waals surface area contributed by atoms with E-state index in [1.165, 1.54) is 0 Å². The third-order valence-electron chi connectivity index (χ3n) is 3.63. The van der Waals surface area contributed by atoms with Crippen LogP contribution >= 0.6 is 12.2 Å². The standard InChI is InChI=1S/C16H27N3OS/c1-12(2)19(3)10-6-5-9-18-15-11-13(20-4)7-8-14(15)16(17)21/h7-8,11-12,18H,5-6,9-10H2,1-4H3,(H2,17,21). The molecule has 1 rings (SSSR count). The Morgan fingerprint density at radius 2 is 2.10 bits per heavy atom. The number of nitrogens with two attached hydrogens (primary N) is 1. The predicted molar refractivity (Wildman–Crippen MR) is 94.4 cm³/mol. The van der Waals surface area contributed by atoms with E-state index >= 15 is 0 Å². The molecule has 0 saturated heterocycles. The van der Waals surface area contributed by atoms with E-state index in [4.69, 9.17) is 22.7 Å². The average molecular weight is 309 g/mol. The molecule has 0 aliphatic heterocycles. The molecule has 5 heteroatoms. The Balaban J connectivity index is 2.49. The molecule has 3 N–H and O–H groups in total. The van der Waals surface area contributed by atoms with Crippen molar-refractivity contribution in [3.63, 3.8) is 0 Å². The van der Waals surface area contributed by atoms with Crippen molar-refractivity contribution in [3.8, 4) is 5.75 Å². The highest BCUT2D eigenvalue weighted by Gasteiger charge is 2.07. The summed E-state index contributed by atoms with van der Waals surface area (Å²) in [6.07, 6.45) is 2.26. The molecule has 4 nitrogen and oxygen atoms in total. The van der Waals surface area contributed by atoms with E-state index in [2.05, 4.69) is 31.1 Å². The molecule has 0 aromatic heterocycles. The van der Waals surface area contributed by atoms with Gasteiger partial charge in [-0.2, -0.15) is 0 Å². The van der Waals surface area contributed by atoms with Gasteiger partial charge in [-0.05, 0) is 52.4 Å². The summed E-state index contributed by atoms with van der Waals surface area (Å²) in [5.41, 5.74) is 7.56. The minimum atomic E-state index is 0.402. The van der Waals surface area contributed by atoms with Crippen LogP contribution in [0.2, 0.25) is 0 Å². The first-order valence-electron chi connectivity index (χ1n) is 7.37. The van der Waals surface area contributed by atoms with Crippen LogP contribution in [0.1, 0.15) is 32.3 Å². The molecular formula is C16H27N3OS. The lowest BCUT2D eigenvalue weighted by Gasteiger charge is -2.20. The van der Waals surface area contributed by atoms with Gasteiger partial charge in [0.25, 0.3) is 0 Å². The molecule has 0 saturated carbocycles. The number of ether oxygens (including phenoxy) is 1.